The Kier molecular flexibility index (Phi) is 8.10. The Morgan fingerprint density at radius 2 is 1.83 bits per heavy atom. The van der Waals surface area contributed by atoms with Crippen LogP contribution in [0.1, 0.15) is 44.1 Å². The van der Waals surface area contributed by atoms with Crippen LogP contribution in [0.15, 0.2) is 72.8 Å². The van der Waals surface area contributed by atoms with E-state index >= 15 is 0 Å². The fraction of sp³-hybridized carbons (Fsp3) is 0.222. The fourth-order valence-corrected chi connectivity index (χ4v) is 5.31. The standard InChI is InChI=1S/C27H25ClN2O4S/c1-2-34-27(33)22-13-12-21(16-23(22)28)29-25(32)19-8-10-20(11-9-19)26-30(24(31)17-35-26)15-14-18-6-4-3-5-7-18/h3-13,16,26H,2,14-15,17H2,1H3,(H,29,32)/t26-/m0/s1. The minimum Gasteiger partial charge on any atom is -0.462 e. The summed E-state index contributed by atoms with van der Waals surface area (Å²) in [7, 11) is 0. The van der Waals surface area contributed by atoms with Crippen LogP contribution in [0.3, 0.4) is 0 Å². The van der Waals surface area contributed by atoms with Gasteiger partial charge in [-0.25, -0.2) is 4.79 Å². The van der Waals surface area contributed by atoms with Crippen molar-refractivity contribution in [2.24, 2.45) is 0 Å². The number of hydrogen-bond acceptors (Lipinski definition) is 5. The first-order valence-corrected chi connectivity index (χ1v) is 12.7. The largest absolute Gasteiger partial charge is 0.462 e. The van der Waals surface area contributed by atoms with Gasteiger partial charge in [0.05, 0.1) is 22.9 Å². The SMILES string of the molecule is CCOC(=O)c1ccc(NC(=O)c2ccc([C@@H]3SCC(=O)N3CCc3ccccc3)cc2)cc1Cl. The number of thioether (sulfide) groups is 1. The van der Waals surface area contributed by atoms with Crippen molar-refractivity contribution < 1.29 is 19.1 Å². The zero-order valence-electron chi connectivity index (χ0n) is 19.2. The van der Waals surface area contributed by atoms with E-state index < -0.39 is 5.97 Å². The molecular formula is C27H25ClN2O4S. The topological polar surface area (TPSA) is 75.7 Å². The number of rotatable bonds is 8. The van der Waals surface area contributed by atoms with Gasteiger partial charge in [0.15, 0.2) is 0 Å². The first kappa shape index (κ1) is 24.8. The van der Waals surface area contributed by atoms with Crippen LogP contribution in [-0.2, 0) is 16.0 Å². The molecule has 0 unspecified atom stereocenters. The van der Waals surface area contributed by atoms with E-state index in [1.165, 1.54) is 17.7 Å². The summed E-state index contributed by atoms with van der Waals surface area (Å²) >= 11 is 7.78. The smallest absolute Gasteiger partial charge is 0.339 e. The van der Waals surface area contributed by atoms with Gasteiger partial charge in [-0.05, 0) is 54.8 Å². The van der Waals surface area contributed by atoms with Crippen molar-refractivity contribution in [3.63, 3.8) is 0 Å². The van der Waals surface area contributed by atoms with Crippen LogP contribution in [0.25, 0.3) is 0 Å². The van der Waals surface area contributed by atoms with E-state index in [0.29, 0.717) is 23.5 Å². The lowest BCUT2D eigenvalue weighted by Gasteiger charge is -2.24. The van der Waals surface area contributed by atoms with Crippen molar-refractivity contribution in [1.29, 1.82) is 0 Å². The molecule has 0 spiro atoms. The highest BCUT2D eigenvalue weighted by Crippen LogP contribution is 2.38. The lowest BCUT2D eigenvalue weighted by molar-refractivity contribution is -0.128. The van der Waals surface area contributed by atoms with E-state index in [1.54, 1.807) is 36.9 Å². The average Bonchev–Trinajstić information content (AvgIpc) is 3.23. The Bertz CT molecular complexity index is 1220. The number of anilines is 1. The highest BCUT2D eigenvalue weighted by Gasteiger charge is 2.32. The number of halogens is 1. The molecule has 6 nitrogen and oxygen atoms in total. The van der Waals surface area contributed by atoms with Gasteiger partial charge >= 0.3 is 5.97 Å². The molecule has 0 aromatic heterocycles. The maximum atomic E-state index is 12.7. The van der Waals surface area contributed by atoms with Crippen LogP contribution < -0.4 is 5.32 Å². The van der Waals surface area contributed by atoms with E-state index in [-0.39, 0.29) is 34.4 Å². The molecule has 0 saturated carbocycles. The summed E-state index contributed by atoms with van der Waals surface area (Å²) in [6.45, 7) is 2.62. The number of carbonyl (C=O) groups is 3. The van der Waals surface area contributed by atoms with Crippen molar-refractivity contribution in [3.05, 3.63) is 100 Å². The molecule has 35 heavy (non-hydrogen) atoms. The van der Waals surface area contributed by atoms with Gasteiger partial charge < -0.3 is 15.0 Å². The fourth-order valence-electron chi connectivity index (χ4n) is 3.84. The van der Waals surface area contributed by atoms with Crippen LogP contribution in [0.5, 0.6) is 0 Å². The van der Waals surface area contributed by atoms with Crippen molar-refractivity contribution in [1.82, 2.24) is 4.90 Å². The third-order valence-corrected chi connectivity index (χ3v) is 7.20. The van der Waals surface area contributed by atoms with Gasteiger partial charge in [-0.3, -0.25) is 9.59 Å². The zero-order valence-corrected chi connectivity index (χ0v) is 20.8. The second-order valence-corrected chi connectivity index (χ2v) is 9.45. The molecule has 180 valence electrons. The molecule has 0 bridgehead atoms. The van der Waals surface area contributed by atoms with Gasteiger partial charge in [-0.1, -0.05) is 54.1 Å². The molecule has 2 amide bonds. The van der Waals surface area contributed by atoms with Crippen LogP contribution in [0, 0.1) is 0 Å². The molecule has 1 atom stereocenters. The highest BCUT2D eigenvalue weighted by molar-refractivity contribution is 8.00. The second-order valence-electron chi connectivity index (χ2n) is 7.98. The predicted molar refractivity (Wildman–Crippen MR) is 139 cm³/mol. The molecule has 0 radical (unpaired) electrons. The Morgan fingerprint density at radius 3 is 2.51 bits per heavy atom. The number of carbonyl (C=O) groups excluding carboxylic acids is 3. The minimum atomic E-state index is -0.507. The Morgan fingerprint density at radius 1 is 1.09 bits per heavy atom. The molecule has 1 N–H and O–H groups in total. The zero-order chi connectivity index (χ0) is 24.8. The lowest BCUT2D eigenvalue weighted by Crippen LogP contribution is -2.30. The quantitative estimate of drug-likeness (QED) is 0.402. The van der Waals surface area contributed by atoms with Crippen molar-refractivity contribution in [2.45, 2.75) is 18.7 Å². The monoisotopic (exact) mass is 508 g/mol. The first-order chi connectivity index (χ1) is 17.0. The molecule has 1 aliphatic heterocycles. The molecule has 3 aromatic rings. The molecule has 8 heteroatoms. The van der Waals surface area contributed by atoms with E-state index in [1.807, 2.05) is 35.2 Å². The van der Waals surface area contributed by atoms with Crippen LogP contribution in [0.4, 0.5) is 5.69 Å². The van der Waals surface area contributed by atoms with E-state index in [9.17, 15) is 14.4 Å². The first-order valence-electron chi connectivity index (χ1n) is 11.3. The number of hydrogen-bond donors (Lipinski definition) is 1. The Labute approximate surface area is 213 Å². The summed E-state index contributed by atoms with van der Waals surface area (Å²) in [6, 6.07) is 22.0. The maximum absolute atomic E-state index is 12.7. The number of nitrogens with one attached hydrogen (secondary N) is 1. The maximum Gasteiger partial charge on any atom is 0.339 e. The molecular weight excluding hydrogens is 484 g/mol. The number of benzene rings is 3. The predicted octanol–water partition coefficient (Wildman–Crippen LogP) is 5.59. The third-order valence-electron chi connectivity index (χ3n) is 5.63. The van der Waals surface area contributed by atoms with Gasteiger partial charge in [-0.15, -0.1) is 11.8 Å². The summed E-state index contributed by atoms with van der Waals surface area (Å²) in [6.07, 6.45) is 0.793. The van der Waals surface area contributed by atoms with Crippen molar-refractivity contribution in [2.75, 3.05) is 24.2 Å². The van der Waals surface area contributed by atoms with E-state index in [2.05, 4.69) is 17.4 Å². The van der Waals surface area contributed by atoms with Gasteiger partial charge in [-0.2, -0.15) is 0 Å². The highest BCUT2D eigenvalue weighted by atomic mass is 35.5. The van der Waals surface area contributed by atoms with Crippen molar-refractivity contribution in [3.8, 4) is 0 Å². The molecule has 4 rings (SSSR count). The Hall–Kier alpha value is -3.29. The minimum absolute atomic E-state index is 0.0717. The number of esters is 1. The van der Waals surface area contributed by atoms with E-state index in [0.717, 1.165) is 12.0 Å². The summed E-state index contributed by atoms with van der Waals surface area (Å²) in [5.74, 6) is -0.231. The van der Waals surface area contributed by atoms with E-state index in [4.69, 9.17) is 16.3 Å². The summed E-state index contributed by atoms with van der Waals surface area (Å²) in [5.41, 5.74) is 3.37. The molecule has 3 aromatic carbocycles. The Balaban J connectivity index is 1.40. The lowest BCUT2D eigenvalue weighted by atomic mass is 10.1. The molecule has 1 saturated heterocycles. The van der Waals surface area contributed by atoms with Gasteiger partial charge in [0.1, 0.15) is 5.37 Å². The second kappa shape index (κ2) is 11.4. The normalized spacial score (nSPS) is 15.2. The van der Waals surface area contributed by atoms with Crippen LogP contribution >= 0.6 is 23.4 Å². The summed E-state index contributed by atoms with van der Waals surface area (Å²) in [4.78, 5) is 39.0. The summed E-state index contributed by atoms with van der Waals surface area (Å²) in [5, 5.41) is 2.93. The molecule has 0 aliphatic carbocycles. The summed E-state index contributed by atoms with van der Waals surface area (Å²) < 4.78 is 4.97. The molecule has 1 aliphatic rings. The van der Waals surface area contributed by atoms with Crippen molar-refractivity contribution >= 4 is 46.8 Å². The van der Waals surface area contributed by atoms with Crippen LogP contribution in [-0.4, -0.2) is 41.6 Å². The number of ether oxygens (including phenoxy) is 1. The van der Waals surface area contributed by atoms with Crippen LogP contribution in [0.2, 0.25) is 5.02 Å². The number of nitrogens with zero attached hydrogens (tertiary/aromatic N) is 1. The number of amides is 2. The van der Waals surface area contributed by atoms with Gasteiger partial charge in [0.25, 0.3) is 5.91 Å². The third kappa shape index (κ3) is 6.05. The molecule has 1 heterocycles. The average molecular weight is 509 g/mol. The van der Waals surface area contributed by atoms with Gasteiger partial charge in [0, 0.05) is 17.8 Å². The molecule has 1 fully saturated rings. The van der Waals surface area contributed by atoms with Gasteiger partial charge in [0.2, 0.25) is 5.91 Å².